The minimum atomic E-state index is 0. The summed E-state index contributed by atoms with van der Waals surface area (Å²) in [4.78, 5) is 22.6. The number of nitrogens with zero attached hydrogens (tertiary/aromatic N) is 2. The number of rotatable bonds is 6. The fourth-order valence-corrected chi connectivity index (χ4v) is 4.90. The van der Waals surface area contributed by atoms with Crippen LogP contribution in [0, 0.1) is 5.92 Å². The molecule has 1 aromatic heterocycles. The zero-order valence-corrected chi connectivity index (χ0v) is 20.9. The number of nitrogens with one attached hydrogen (secondary N) is 3. The minimum Gasteiger partial charge on any atom is -0.361 e. The van der Waals surface area contributed by atoms with Gasteiger partial charge in [0.25, 0.3) is 0 Å². The molecule has 1 saturated heterocycles. The van der Waals surface area contributed by atoms with Crippen LogP contribution in [0.4, 0.5) is 0 Å². The van der Waals surface area contributed by atoms with Crippen LogP contribution >= 0.6 is 24.0 Å². The maximum atomic E-state index is 12.8. The Kier molecular flexibility index (Phi) is 9.04. The molecule has 2 aliphatic rings. The normalized spacial score (nSPS) is 20.0. The summed E-state index contributed by atoms with van der Waals surface area (Å²) in [6.45, 7) is 2.53. The van der Waals surface area contributed by atoms with E-state index in [4.69, 9.17) is 0 Å². The van der Waals surface area contributed by atoms with Crippen molar-refractivity contribution < 1.29 is 4.79 Å². The molecule has 2 fully saturated rings. The van der Waals surface area contributed by atoms with Crippen LogP contribution in [-0.4, -0.2) is 54.5 Å². The Hall–Kier alpha value is -1.77. The fourth-order valence-electron chi connectivity index (χ4n) is 4.90. The number of aryl methyl sites for hydroxylation is 1. The van der Waals surface area contributed by atoms with Crippen molar-refractivity contribution in [1.82, 2.24) is 20.5 Å². The Morgan fingerprint density at radius 2 is 2.00 bits per heavy atom. The van der Waals surface area contributed by atoms with Gasteiger partial charge in [-0.3, -0.25) is 9.79 Å². The third-order valence-corrected chi connectivity index (χ3v) is 6.61. The predicted octanol–water partition coefficient (Wildman–Crippen LogP) is 4.06. The molecule has 2 aromatic rings. The number of para-hydroxylation sites is 1. The second-order valence-electron chi connectivity index (χ2n) is 8.71. The van der Waals surface area contributed by atoms with Gasteiger partial charge in [0, 0.05) is 55.7 Å². The second kappa shape index (κ2) is 11.7. The van der Waals surface area contributed by atoms with Gasteiger partial charge < -0.3 is 20.5 Å². The zero-order valence-electron chi connectivity index (χ0n) is 18.5. The molecule has 1 aliphatic heterocycles. The van der Waals surface area contributed by atoms with Gasteiger partial charge in [-0.1, -0.05) is 37.5 Å². The van der Waals surface area contributed by atoms with Crippen LogP contribution in [0.15, 0.2) is 35.5 Å². The van der Waals surface area contributed by atoms with E-state index in [-0.39, 0.29) is 35.9 Å². The summed E-state index contributed by atoms with van der Waals surface area (Å²) in [5.74, 6) is 1.48. The monoisotopic (exact) mass is 537 g/mol. The number of hydrogen-bond donors (Lipinski definition) is 3. The lowest BCUT2D eigenvalue weighted by Crippen LogP contribution is -2.45. The van der Waals surface area contributed by atoms with Crippen LogP contribution in [-0.2, 0) is 11.2 Å². The minimum absolute atomic E-state index is 0. The number of aromatic nitrogens is 1. The van der Waals surface area contributed by atoms with Gasteiger partial charge in [-0.2, -0.15) is 0 Å². The van der Waals surface area contributed by atoms with Crippen molar-refractivity contribution in [2.24, 2.45) is 10.9 Å². The molecule has 0 spiro atoms. The number of carbonyl (C=O) groups excluding carboxylic acids is 1. The lowest BCUT2D eigenvalue weighted by Gasteiger charge is -2.26. The quantitative estimate of drug-likeness (QED) is 0.225. The number of H-pyrrole nitrogens is 1. The number of aliphatic imine (C=N–C) groups is 1. The number of aromatic amines is 1. The van der Waals surface area contributed by atoms with Gasteiger partial charge >= 0.3 is 0 Å². The van der Waals surface area contributed by atoms with Crippen molar-refractivity contribution >= 4 is 46.7 Å². The lowest BCUT2D eigenvalue weighted by atomic mass is 9.88. The highest BCUT2D eigenvalue weighted by Crippen LogP contribution is 2.26. The highest BCUT2D eigenvalue weighted by molar-refractivity contribution is 14.0. The summed E-state index contributed by atoms with van der Waals surface area (Å²) in [6, 6.07) is 8.74. The number of likely N-dealkylation sites (tertiary alicyclic amines) is 1. The molecule has 0 bridgehead atoms. The van der Waals surface area contributed by atoms with Crippen LogP contribution in [0.25, 0.3) is 10.9 Å². The van der Waals surface area contributed by atoms with Gasteiger partial charge in [0.15, 0.2) is 5.96 Å². The first-order valence-corrected chi connectivity index (χ1v) is 11.6. The maximum absolute atomic E-state index is 12.8. The first-order chi connectivity index (χ1) is 14.7. The van der Waals surface area contributed by atoms with E-state index in [0.717, 1.165) is 57.7 Å². The van der Waals surface area contributed by atoms with Gasteiger partial charge in [-0.25, -0.2) is 0 Å². The van der Waals surface area contributed by atoms with Gasteiger partial charge in [-0.05, 0) is 43.7 Å². The molecule has 4 rings (SSSR count). The van der Waals surface area contributed by atoms with Crippen LogP contribution in [0.3, 0.4) is 0 Å². The van der Waals surface area contributed by atoms with Crippen molar-refractivity contribution in [1.29, 1.82) is 0 Å². The van der Waals surface area contributed by atoms with E-state index < -0.39 is 0 Å². The van der Waals surface area contributed by atoms with E-state index in [2.05, 4.69) is 56.0 Å². The van der Waals surface area contributed by atoms with Crippen molar-refractivity contribution in [3.8, 4) is 0 Å². The maximum Gasteiger partial charge on any atom is 0.225 e. The van der Waals surface area contributed by atoms with Crippen LogP contribution in [0.1, 0.15) is 50.5 Å². The Labute approximate surface area is 202 Å². The molecule has 31 heavy (non-hydrogen) atoms. The van der Waals surface area contributed by atoms with Crippen molar-refractivity contribution in [3.05, 3.63) is 36.0 Å². The molecule has 170 valence electrons. The standard InChI is InChI=1S/C24H35N5O.HI/c1-25-24(26-14-7-10-19-16-27-22-12-6-5-11-21(19)22)28-20-13-15-29(17-20)23(30)18-8-3-2-4-9-18;/h5-6,11-12,16,18,20,27H,2-4,7-10,13-15,17H2,1H3,(H2,25,26,28);1H. The Bertz CT molecular complexity index is 874. The molecule has 1 atom stereocenters. The largest absolute Gasteiger partial charge is 0.361 e. The van der Waals surface area contributed by atoms with E-state index in [1.54, 1.807) is 0 Å². The number of halogens is 1. The van der Waals surface area contributed by atoms with E-state index in [1.165, 1.54) is 35.7 Å². The SMILES string of the molecule is CN=C(NCCCc1c[nH]c2ccccc12)NC1CCN(C(=O)C2CCCCC2)C1.I. The zero-order chi connectivity index (χ0) is 20.8. The molecule has 1 unspecified atom stereocenters. The smallest absolute Gasteiger partial charge is 0.225 e. The number of fused-ring (bicyclic) bond motifs is 1. The Morgan fingerprint density at radius 3 is 2.81 bits per heavy atom. The highest BCUT2D eigenvalue weighted by Gasteiger charge is 2.31. The van der Waals surface area contributed by atoms with E-state index in [1.807, 2.05) is 7.05 Å². The molecular formula is C24H36IN5O. The lowest BCUT2D eigenvalue weighted by molar-refractivity contribution is -0.135. The van der Waals surface area contributed by atoms with E-state index >= 15 is 0 Å². The average Bonchev–Trinajstić information content (AvgIpc) is 3.43. The van der Waals surface area contributed by atoms with E-state index in [0.29, 0.717) is 5.91 Å². The van der Waals surface area contributed by atoms with Gasteiger partial charge in [0.05, 0.1) is 0 Å². The van der Waals surface area contributed by atoms with Crippen molar-refractivity contribution in [3.63, 3.8) is 0 Å². The summed E-state index contributed by atoms with van der Waals surface area (Å²) in [5, 5.41) is 8.27. The second-order valence-corrected chi connectivity index (χ2v) is 8.71. The summed E-state index contributed by atoms with van der Waals surface area (Å²) in [5.41, 5.74) is 2.56. The fraction of sp³-hybridized carbons (Fsp3) is 0.583. The Morgan fingerprint density at radius 1 is 1.19 bits per heavy atom. The highest BCUT2D eigenvalue weighted by atomic mass is 127. The third-order valence-electron chi connectivity index (χ3n) is 6.61. The molecular weight excluding hydrogens is 501 g/mol. The van der Waals surface area contributed by atoms with Crippen LogP contribution in [0.5, 0.6) is 0 Å². The summed E-state index contributed by atoms with van der Waals surface area (Å²) in [6.07, 6.45) is 11.0. The molecule has 6 nitrogen and oxygen atoms in total. The van der Waals surface area contributed by atoms with Gasteiger partial charge in [0.2, 0.25) is 5.91 Å². The topological polar surface area (TPSA) is 72.5 Å². The van der Waals surface area contributed by atoms with Crippen LogP contribution < -0.4 is 10.6 Å². The number of guanidine groups is 1. The van der Waals surface area contributed by atoms with Crippen LogP contribution in [0.2, 0.25) is 0 Å². The third kappa shape index (κ3) is 6.14. The number of amides is 1. The summed E-state index contributed by atoms with van der Waals surface area (Å²) in [7, 11) is 1.81. The van der Waals surface area contributed by atoms with Gasteiger partial charge in [0.1, 0.15) is 0 Å². The molecule has 1 aromatic carbocycles. The average molecular weight is 537 g/mol. The number of benzene rings is 1. The number of hydrogen-bond acceptors (Lipinski definition) is 2. The molecule has 1 saturated carbocycles. The molecule has 1 aliphatic carbocycles. The van der Waals surface area contributed by atoms with E-state index in [9.17, 15) is 4.79 Å². The predicted molar refractivity (Wildman–Crippen MR) is 138 cm³/mol. The Balaban J connectivity index is 0.00000272. The first-order valence-electron chi connectivity index (χ1n) is 11.6. The molecule has 3 N–H and O–H groups in total. The molecule has 7 heteroatoms. The van der Waals surface area contributed by atoms with Crippen molar-refractivity contribution in [2.45, 2.75) is 57.4 Å². The summed E-state index contributed by atoms with van der Waals surface area (Å²) >= 11 is 0. The number of carbonyl (C=O) groups is 1. The molecule has 1 amide bonds. The van der Waals surface area contributed by atoms with Crippen molar-refractivity contribution in [2.75, 3.05) is 26.7 Å². The first kappa shape index (κ1) is 23.9. The summed E-state index contributed by atoms with van der Waals surface area (Å²) < 4.78 is 0. The molecule has 2 heterocycles. The molecule has 0 radical (unpaired) electrons. The van der Waals surface area contributed by atoms with Gasteiger partial charge in [-0.15, -0.1) is 24.0 Å².